The minimum absolute atomic E-state index is 0.0209. The van der Waals surface area contributed by atoms with Gasteiger partial charge in [-0.1, -0.05) is 30.3 Å². The van der Waals surface area contributed by atoms with Crippen LogP contribution in [0, 0.1) is 5.82 Å². The largest absolute Gasteiger partial charge is 0.484 e. The Morgan fingerprint density at radius 3 is 2.71 bits per heavy atom. The van der Waals surface area contributed by atoms with Gasteiger partial charge in [0.2, 0.25) is 0 Å². The second kappa shape index (κ2) is 10.7. The summed E-state index contributed by atoms with van der Waals surface area (Å²) >= 11 is 7.08. The minimum atomic E-state index is -0.622. The van der Waals surface area contributed by atoms with E-state index < -0.39 is 11.7 Å². The topological polar surface area (TPSA) is 67.4 Å². The first-order chi connectivity index (χ1) is 13.4. The first-order valence-corrected chi connectivity index (χ1v) is 9.97. The lowest BCUT2D eigenvalue weighted by atomic mass is 10.2. The van der Waals surface area contributed by atoms with Crippen LogP contribution in [0.1, 0.15) is 16.8 Å². The molecule has 0 aromatic heterocycles. The number of benzene rings is 2. The number of ether oxygens (including phenoxy) is 1. The van der Waals surface area contributed by atoms with Gasteiger partial charge in [0, 0.05) is 29.6 Å². The molecule has 2 amide bonds. The van der Waals surface area contributed by atoms with Crippen LogP contribution in [0.25, 0.3) is 0 Å². The third kappa shape index (κ3) is 6.58. The van der Waals surface area contributed by atoms with Gasteiger partial charge in [0.25, 0.3) is 11.8 Å². The summed E-state index contributed by atoms with van der Waals surface area (Å²) in [4.78, 5) is 25.0. The smallest absolute Gasteiger partial charge is 0.262 e. The average Bonchev–Trinajstić information content (AvgIpc) is 2.68. The van der Waals surface area contributed by atoms with Crippen molar-refractivity contribution in [1.82, 2.24) is 10.6 Å². The molecule has 2 rings (SSSR count). The molecule has 0 aliphatic carbocycles. The van der Waals surface area contributed by atoms with Crippen molar-refractivity contribution in [2.45, 2.75) is 11.3 Å². The van der Waals surface area contributed by atoms with Gasteiger partial charge in [-0.25, -0.2) is 4.39 Å². The van der Waals surface area contributed by atoms with Crippen molar-refractivity contribution in [2.24, 2.45) is 0 Å². The van der Waals surface area contributed by atoms with Crippen molar-refractivity contribution in [3.05, 3.63) is 71.1 Å². The highest BCUT2D eigenvalue weighted by Gasteiger charge is 2.10. The van der Waals surface area contributed by atoms with Gasteiger partial charge in [0.05, 0.1) is 10.6 Å². The van der Waals surface area contributed by atoms with Gasteiger partial charge in [-0.05, 0) is 30.5 Å². The van der Waals surface area contributed by atoms with Crippen molar-refractivity contribution in [1.29, 1.82) is 0 Å². The molecule has 0 radical (unpaired) electrons. The number of carbonyl (C=O) groups excluding carboxylic acids is 2. The Kier molecular flexibility index (Phi) is 8.35. The molecule has 0 unspecified atom stereocenters. The van der Waals surface area contributed by atoms with Crippen LogP contribution in [-0.4, -0.2) is 31.2 Å². The summed E-state index contributed by atoms with van der Waals surface area (Å²) < 4.78 is 18.5. The Balaban J connectivity index is 1.72. The van der Waals surface area contributed by atoms with Gasteiger partial charge < -0.3 is 15.4 Å². The zero-order chi connectivity index (χ0) is 20.5. The van der Waals surface area contributed by atoms with Crippen molar-refractivity contribution in [2.75, 3.05) is 19.4 Å². The summed E-state index contributed by atoms with van der Waals surface area (Å²) in [6, 6.07) is 11.2. The zero-order valence-corrected chi connectivity index (χ0v) is 16.8. The number of nitrogens with one attached hydrogen (secondary N) is 2. The molecule has 0 fully saturated rings. The summed E-state index contributed by atoms with van der Waals surface area (Å²) in [5.74, 6) is -1.04. The van der Waals surface area contributed by atoms with Crippen LogP contribution < -0.4 is 15.4 Å². The third-order valence-corrected chi connectivity index (χ3v) is 4.74. The van der Waals surface area contributed by atoms with E-state index in [2.05, 4.69) is 17.2 Å². The molecule has 0 aliphatic rings. The van der Waals surface area contributed by atoms with Crippen molar-refractivity contribution >= 4 is 35.2 Å². The van der Waals surface area contributed by atoms with Crippen LogP contribution >= 0.6 is 23.4 Å². The Morgan fingerprint density at radius 1 is 1.25 bits per heavy atom. The average molecular weight is 423 g/mol. The molecular weight excluding hydrogens is 403 g/mol. The molecule has 0 atom stereocenters. The number of rotatable bonds is 9. The highest BCUT2D eigenvalue weighted by atomic mass is 35.5. The van der Waals surface area contributed by atoms with E-state index in [0.29, 0.717) is 24.2 Å². The fraction of sp³-hybridized carbons (Fsp3) is 0.200. The molecule has 0 saturated heterocycles. The lowest BCUT2D eigenvalue weighted by Gasteiger charge is -2.11. The van der Waals surface area contributed by atoms with E-state index in [1.54, 1.807) is 12.1 Å². The van der Waals surface area contributed by atoms with Gasteiger partial charge in [-0.15, -0.1) is 11.8 Å². The molecule has 0 bridgehead atoms. The standard InChI is InChI=1S/C20H20ClFN2O3S/c1-13(9-10-23-20(26)15-5-3-4-6-18(15)28-2)24-19(25)12-27-14-7-8-16(21)17(22)11-14/h3-8,11H,1,9-10,12H2,2H3,(H,23,26)(H,24,25). The molecule has 0 spiro atoms. The van der Waals surface area contributed by atoms with Crippen molar-refractivity contribution in [3.63, 3.8) is 0 Å². The number of halogens is 2. The Hall–Kier alpha value is -2.51. The molecule has 28 heavy (non-hydrogen) atoms. The van der Waals surface area contributed by atoms with Crippen molar-refractivity contribution in [3.8, 4) is 5.75 Å². The molecule has 2 N–H and O–H groups in total. The fourth-order valence-electron chi connectivity index (χ4n) is 2.27. The molecule has 8 heteroatoms. The minimum Gasteiger partial charge on any atom is -0.484 e. The third-order valence-electron chi connectivity index (χ3n) is 3.64. The van der Waals surface area contributed by atoms with E-state index in [4.69, 9.17) is 16.3 Å². The Labute approximate surface area is 172 Å². The SMILES string of the molecule is C=C(CCNC(=O)c1ccccc1SC)NC(=O)COc1ccc(Cl)c(F)c1. The molecule has 0 aliphatic heterocycles. The van der Waals surface area contributed by atoms with Gasteiger partial charge in [0.15, 0.2) is 6.61 Å². The van der Waals surface area contributed by atoms with Crippen molar-refractivity contribution < 1.29 is 18.7 Å². The monoisotopic (exact) mass is 422 g/mol. The molecule has 2 aromatic carbocycles. The lowest BCUT2D eigenvalue weighted by Crippen LogP contribution is -2.31. The fourth-order valence-corrected chi connectivity index (χ4v) is 2.98. The first kappa shape index (κ1) is 21.8. The van der Waals surface area contributed by atoms with Crippen LogP contribution in [0.4, 0.5) is 4.39 Å². The van der Waals surface area contributed by atoms with Crippen LogP contribution in [-0.2, 0) is 4.79 Å². The van der Waals surface area contributed by atoms with Crippen LogP contribution in [0.15, 0.2) is 59.6 Å². The predicted octanol–water partition coefficient (Wildman–Crippen LogP) is 4.03. The number of thioether (sulfide) groups is 1. The maximum atomic E-state index is 13.3. The summed E-state index contributed by atoms with van der Waals surface area (Å²) in [7, 11) is 0. The van der Waals surface area contributed by atoms with E-state index in [1.165, 1.54) is 23.9 Å². The van der Waals surface area contributed by atoms with Gasteiger partial charge in [-0.3, -0.25) is 9.59 Å². The second-order valence-corrected chi connectivity index (χ2v) is 6.98. The molecule has 5 nitrogen and oxygen atoms in total. The summed E-state index contributed by atoms with van der Waals surface area (Å²) in [5.41, 5.74) is 1.04. The zero-order valence-electron chi connectivity index (χ0n) is 15.3. The maximum absolute atomic E-state index is 13.3. The Morgan fingerprint density at radius 2 is 2.00 bits per heavy atom. The van der Waals surface area contributed by atoms with Crippen LogP contribution in [0.2, 0.25) is 5.02 Å². The number of hydrogen-bond donors (Lipinski definition) is 2. The highest BCUT2D eigenvalue weighted by molar-refractivity contribution is 7.98. The lowest BCUT2D eigenvalue weighted by molar-refractivity contribution is -0.122. The summed E-state index contributed by atoms with van der Waals surface area (Å²) in [6.45, 7) is 3.78. The normalized spacial score (nSPS) is 10.2. The van der Waals surface area contributed by atoms with E-state index in [1.807, 2.05) is 18.4 Å². The van der Waals surface area contributed by atoms with Gasteiger partial charge in [0.1, 0.15) is 11.6 Å². The van der Waals surface area contributed by atoms with E-state index in [9.17, 15) is 14.0 Å². The highest BCUT2D eigenvalue weighted by Crippen LogP contribution is 2.20. The van der Waals surface area contributed by atoms with E-state index in [-0.39, 0.29) is 23.3 Å². The van der Waals surface area contributed by atoms with Gasteiger partial charge in [-0.2, -0.15) is 0 Å². The van der Waals surface area contributed by atoms with E-state index >= 15 is 0 Å². The molecule has 0 saturated carbocycles. The van der Waals surface area contributed by atoms with Gasteiger partial charge >= 0.3 is 0 Å². The van der Waals surface area contributed by atoms with Crippen LogP contribution in [0.5, 0.6) is 5.75 Å². The Bertz CT molecular complexity index is 876. The first-order valence-electron chi connectivity index (χ1n) is 8.37. The molecule has 0 heterocycles. The maximum Gasteiger partial charge on any atom is 0.262 e. The molecular formula is C20H20ClFN2O3S. The summed E-state index contributed by atoms with van der Waals surface area (Å²) in [6.07, 6.45) is 2.28. The number of carbonyl (C=O) groups is 2. The second-order valence-electron chi connectivity index (χ2n) is 5.72. The van der Waals surface area contributed by atoms with Crippen LogP contribution in [0.3, 0.4) is 0 Å². The molecule has 148 valence electrons. The quantitative estimate of drug-likeness (QED) is 0.599. The number of amides is 2. The van der Waals surface area contributed by atoms with E-state index in [0.717, 1.165) is 11.0 Å². The summed E-state index contributed by atoms with van der Waals surface area (Å²) in [5, 5.41) is 5.35. The predicted molar refractivity (Wildman–Crippen MR) is 109 cm³/mol. The molecule has 2 aromatic rings. The number of hydrogen-bond acceptors (Lipinski definition) is 4.